The van der Waals surface area contributed by atoms with E-state index in [-0.39, 0.29) is 45.8 Å². The van der Waals surface area contributed by atoms with Crippen molar-refractivity contribution in [2.24, 2.45) is 17.8 Å². The minimum Gasteiger partial charge on any atom is -0.496 e. The van der Waals surface area contributed by atoms with Gasteiger partial charge in [-0.15, -0.1) is 0 Å². The lowest BCUT2D eigenvalue weighted by Crippen LogP contribution is -2.47. The van der Waals surface area contributed by atoms with E-state index in [4.69, 9.17) is 9.84 Å². The monoisotopic (exact) mass is 634 g/mol. The second-order valence-corrected chi connectivity index (χ2v) is 12.0. The van der Waals surface area contributed by atoms with Crippen LogP contribution in [0.3, 0.4) is 0 Å². The number of hydrogen-bond donors (Lipinski definition) is 3. The predicted octanol–water partition coefficient (Wildman–Crippen LogP) is 3.84. The zero-order chi connectivity index (χ0) is 32.0. The van der Waals surface area contributed by atoms with Crippen LogP contribution in [0.2, 0.25) is 0 Å². The van der Waals surface area contributed by atoms with Crippen LogP contribution in [-0.4, -0.2) is 59.9 Å². The number of amides is 2. The molecule has 0 spiro atoms. The Morgan fingerprint density at radius 1 is 1.05 bits per heavy atom. The van der Waals surface area contributed by atoms with Crippen LogP contribution in [0, 0.1) is 23.6 Å². The number of halogens is 4. The van der Waals surface area contributed by atoms with Gasteiger partial charge in [-0.05, 0) is 42.5 Å². The Labute approximate surface area is 246 Å². The van der Waals surface area contributed by atoms with Crippen molar-refractivity contribution in [2.75, 3.05) is 12.4 Å². The molecule has 2 aliphatic carbocycles. The molecular formula is C28H22F4N4O7S. The third-order valence-corrected chi connectivity index (χ3v) is 8.94. The number of ether oxygens (including phenoxy) is 1. The average molecular weight is 635 g/mol. The number of hydrogen-bond acceptors (Lipinski definition) is 8. The Kier molecular flexibility index (Phi) is 7.88. The highest BCUT2D eigenvalue weighted by molar-refractivity contribution is 7.92. The summed E-state index contributed by atoms with van der Waals surface area (Å²) in [5.41, 5.74) is -6.43. The largest absolute Gasteiger partial charge is 0.501 e. The first-order valence-corrected chi connectivity index (χ1v) is 14.3. The number of carboxylic acid groups (broad SMARTS) is 1. The number of carbonyl (C=O) groups is 3. The topological polar surface area (TPSA) is 165 Å². The second kappa shape index (κ2) is 11.3. The summed E-state index contributed by atoms with van der Waals surface area (Å²) in [4.78, 5) is 44.6. The average Bonchev–Trinajstić information content (AvgIpc) is 3.58. The maximum Gasteiger partial charge on any atom is 0.501 e. The summed E-state index contributed by atoms with van der Waals surface area (Å²) in [7, 11) is -4.43. The molecule has 1 fully saturated rings. The molecule has 0 saturated heterocycles. The third kappa shape index (κ3) is 5.59. The Hall–Kier alpha value is -4.86. The van der Waals surface area contributed by atoms with E-state index in [1.807, 2.05) is 6.08 Å². The minimum absolute atomic E-state index is 0.0564. The number of fused-ring (bicyclic) bond motifs is 2. The number of rotatable bonds is 8. The Bertz CT molecular complexity index is 1800. The van der Waals surface area contributed by atoms with Crippen LogP contribution in [0.15, 0.2) is 65.8 Å². The van der Waals surface area contributed by atoms with E-state index in [1.165, 1.54) is 13.2 Å². The van der Waals surface area contributed by atoms with Gasteiger partial charge in [-0.2, -0.15) is 13.2 Å². The number of carboxylic acids is 1. The van der Waals surface area contributed by atoms with Gasteiger partial charge in [-0.3, -0.25) is 14.6 Å². The molecular weight excluding hydrogens is 612 g/mol. The van der Waals surface area contributed by atoms with Gasteiger partial charge in [0.15, 0.2) is 5.69 Å². The van der Waals surface area contributed by atoms with Crippen molar-refractivity contribution < 1.29 is 50.2 Å². The zero-order valence-electron chi connectivity index (χ0n) is 22.5. The number of aromatic nitrogens is 2. The summed E-state index contributed by atoms with van der Waals surface area (Å²) in [6.45, 7) is 0. The fraction of sp³-hybridized carbons (Fsp3) is 0.250. The van der Waals surface area contributed by atoms with Gasteiger partial charge in [-0.25, -0.2) is 22.6 Å². The van der Waals surface area contributed by atoms with Crippen LogP contribution >= 0.6 is 0 Å². The molecule has 0 aliphatic heterocycles. The third-order valence-electron chi connectivity index (χ3n) is 7.46. The summed E-state index contributed by atoms with van der Waals surface area (Å²) >= 11 is 0. The number of aromatic carboxylic acids is 1. The number of methoxy groups -OCH3 is 1. The van der Waals surface area contributed by atoms with E-state index in [1.54, 1.807) is 6.08 Å². The molecule has 1 aromatic heterocycles. The fourth-order valence-corrected chi connectivity index (χ4v) is 6.19. The van der Waals surface area contributed by atoms with Gasteiger partial charge < -0.3 is 20.5 Å². The molecule has 11 nitrogen and oxygen atoms in total. The number of carbonyl (C=O) groups excluding carboxylic acids is 2. The van der Waals surface area contributed by atoms with Crippen LogP contribution in [-0.2, 0) is 14.6 Å². The molecule has 230 valence electrons. The summed E-state index contributed by atoms with van der Waals surface area (Å²) in [5, 5.41) is 14.3. The molecule has 16 heteroatoms. The molecule has 2 aromatic carbocycles. The van der Waals surface area contributed by atoms with E-state index in [0.717, 1.165) is 36.7 Å². The van der Waals surface area contributed by atoms with Crippen LogP contribution in [0.25, 0.3) is 11.3 Å². The van der Waals surface area contributed by atoms with Crippen LogP contribution in [0.4, 0.5) is 23.2 Å². The normalized spacial score (nSPS) is 20.8. The van der Waals surface area contributed by atoms with Crippen molar-refractivity contribution in [3.8, 4) is 17.0 Å². The molecule has 1 saturated carbocycles. The quantitative estimate of drug-likeness (QED) is 0.247. The lowest BCUT2D eigenvalue weighted by atomic mass is 9.87. The first kappa shape index (κ1) is 30.6. The molecule has 44 heavy (non-hydrogen) atoms. The van der Waals surface area contributed by atoms with Gasteiger partial charge in [0.2, 0.25) is 5.91 Å². The molecule has 3 N–H and O–H groups in total. The van der Waals surface area contributed by atoms with E-state index in [2.05, 4.69) is 20.6 Å². The highest BCUT2D eigenvalue weighted by atomic mass is 32.2. The Morgan fingerprint density at radius 2 is 1.77 bits per heavy atom. The molecule has 2 bridgehead atoms. The van der Waals surface area contributed by atoms with Crippen molar-refractivity contribution in [3.63, 3.8) is 0 Å². The highest BCUT2D eigenvalue weighted by Crippen LogP contribution is 2.45. The van der Waals surface area contributed by atoms with Crippen molar-refractivity contribution in [2.45, 2.75) is 22.9 Å². The van der Waals surface area contributed by atoms with E-state index in [9.17, 15) is 40.4 Å². The number of nitrogens with one attached hydrogen (secondary N) is 2. The van der Waals surface area contributed by atoms with Crippen molar-refractivity contribution in [1.82, 2.24) is 15.3 Å². The summed E-state index contributed by atoms with van der Waals surface area (Å²) in [6.07, 6.45) is 6.07. The van der Waals surface area contributed by atoms with E-state index in [0.29, 0.717) is 12.5 Å². The fourth-order valence-electron chi connectivity index (χ4n) is 5.38. The van der Waals surface area contributed by atoms with E-state index < -0.39 is 55.8 Å². The van der Waals surface area contributed by atoms with Gasteiger partial charge in [0.1, 0.15) is 11.6 Å². The van der Waals surface area contributed by atoms with Crippen molar-refractivity contribution in [3.05, 3.63) is 78.0 Å². The highest BCUT2D eigenvalue weighted by Gasteiger charge is 2.49. The minimum atomic E-state index is -5.65. The molecule has 5 rings (SSSR count). The number of sulfone groups is 1. The number of nitrogens with zero attached hydrogens (tertiary/aromatic N) is 2. The number of allylic oxidation sites excluding steroid dienone is 1. The standard InChI is InChI=1S/C28H22F4N4O7S/c1-43-22-10-19(29)17(20-11-34-21(12-33-20)27(39)40)9-18(22)25(37)36-24-14-6-5-13(7-14)23(24)26(38)35-15-3-2-4-16(8-15)44(41,42)28(30,31)32/h2-6,8-14,23-24H,7H2,1H3,(H,35,38)(H,36,37)(H,39,40)/t13-,14+,23+,24-/m0/s1. The van der Waals surface area contributed by atoms with Gasteiger partial charge in [0, 0.05) is 23.4 Å². The maximum atomic E-state index is 14.9. The Balaban J connectivity index is 1.40. The molecule has 2 aliphatic rings. The van der Waals surface area contributed by atoms with Gasteiger partial charge in [0.25, 0.3) is 15.7 Å². The van der Waals surface area contributed by atoms with Gasteiger partial charge in [0.05, 0.1) is 41.6 Å². The maximum absolute atomic E-state index is 14.9. The van der Waals surface area contributed by atoms with Crippen LogP contribution in [0.1, 0.15) is 27.3 Å². The smallest absolute Gasteiger partial charge is 0.496 e. The Morgan fingerprint density at radius 3 is 2.41 bits per heavy atom. The zero-order valence-corrected chi connectivity index (χ0v) is 23.3. The number of anilines is 1. The van der Waals surface area contributed by atoms with Gasteiger partial charge >= 0.3 is 11.5 Å². The van der Waals surface area contributed by atoms with Crippen molar-refractivity contribution in [1.29, 1.82) is 0 Å². The van der Waals surface area contributed by atoms with Crippen LogP contribution in [0.5, 0.6) is 5.75 Å². The molecule has 4 atom stereocenters. The molecule has 1 heterocycles. The van der Waals surface area contributed by atoms with Gasteiger partial charge in [-0.1, -0.05) is 18.2 Å². The molecule has 3 aromatic rings. The summed E-state index contributed by atoms with van der Waals surface area (Å²) in [5.74, 6) is -5.19. The summed E-state index contributed by atoms with van der Waals surface area (Å²) in [6, 6.07) is 5.08. The first-order valence-electron chi connectivity index (χ1n) is 12.9. The summed E-state index contributed by atoms with van der Waals surface area (Å²) < 4.78 is 82.9. The van der Waals surface area contributed by atoms with E-state index >= 15 is 0 Å². The second-order valence-electron chi connectivity index (χ2n) is 10.1. The molecule has 2 amide bonds. The lowest BCUT2D eigenvalue weighted by molar-refractivity contribution is -0.121. The first-order chi connectivity index (χ1) is 20.7. The number of benzene rings is 2. The SMILES string of the molecule is COc1cc(F)c(-c2cnc(C(=O)O)cn2)cc1C(=O)N[C@@H]1[C@H](C(=O)Nc2cccc(S(=O)(=O)C(F)(F)F)c2)[C@H]2C=C[C@@H]1C2. The molecule has 0 radical (unpaired) electrons. The lowest BCUT2D eigenvalue weighted by Gasteiger charge is -2.28. The van der Waals surface area contributed by atoms with Crippen LogP contribution < -0.4 is 15.4 Å². The molecule has 0 unspecified atom stereocenters. The van der Waals surface area contributed by atoms with Crippen molar-refractivity contribution >= 4 is 33.3 Å². The predicted molar refractivity (Wildman–Crippen MR) is 145 cm³/mol. The number of alkyl halides is 3.